The number of aromatic nitrogens is 2. The molecule has 10 nitrogen and oxygen atoms in total. The molecule has 4 rings (SSSR count). The number of esters is 1. The van der Waals surface area contributed by atoms with E-state index in [-0.39, 0.29) is 18.0 Å². The lowest BCUT2D eigenvalue weighted by atomic mass is 10.1. The van der Waals surface area contributed by atoms with Crippen LogP contribution in [-0.4, -0.2) is 56.5 Å². The summed E-state index contributed by atoms with van der Waals surface area (Å²) in [5, 5.41) is 6.89. The molecule has 2 aromatic carbocycles. The molecule has 0 atom stereocenters. The third-order valence-electron chi connectivity index (χ3n) is 6.25. The lowest BCUT2D eigenvalue weighted by Crippen LogP contribution is -2.19. The van der Waals surface area contributed by atoms with Gasteiger partial charge in [0.1, 0.15) is 17.1 Å². The lowest BCUT2D eigenvalue weighted by Gasteiger charge is -2.12. The minimum atomic E-state index is -0.586. The zero-order valence-electron chi connectivity index (χ0n) is 22.4. The first-order chi connectivity index (χ1) is 19.0. The fourth-order valence-corrected chi connectivity index (χ4v) is 4.32. The minimum Gasteiger partial charge on any atom is -0.497 e. The molecular weight excluding hydrogens is 500 g/mol. The number of benzene rings is 2. The second-order valence-electron chi connectivity index (χ2n) is 8.70. The highest BCUT2D eigenvalue weighted by atomic mass is 16.5. The molecule has 1 amide bonds. The van der Waals surface area contributed by atoms with Gasteiger partial charge in [-0.05, 0) is 23.8 Å². The average Bonchev–Trinajstić information content (AvgIpc) is 3.26. The SMILES string of the molecule is COCCn1c(C(=O)OC)c(NC(=O)Cc2ccccc2)c2cc(NCc3ccc(OC)cc3OC)cnc21. The largest absolute Gasteiger partial charge is 0.497 e. The molecule has 0 saturated carbocycles. The molecule has 204 valence electrons. The van der Waals surface area contributed by atoms with E-state index < -0.39 is 5.97 Å². The summed E-state index contributed by atoms with van der Waals surface area (Å²) in [6.07, 6.45) is 1.83. The summed E-state index contributed by atoms with van der Waals surface area (Å²) in [6, 6.07) is 16.8. The highest BCUT2D eigenvalue weighted by Gasteiger charge is 2.26. The molecule has 0 spiro atoms. The molecule has 0 aliphatic rings. The van der Waals surface area contributed by atoms with Crippen molar-refractivity contribution in [3.05, 3.63) is 77.6 Å². The van der Waals surface area contributed by atoms with Crippen molar-refractivity contribution in [2.45, 2.75) is 19.5 Å². The summed E-state index contributed by atoms with van der Waals surface area (Å²) in [7, 11) is 6.09. The number of nitrogens with zero attached hydrogens (tertiary/aromatic N) is 2. The Hall–Kier alpha value is -4.57. The Morgan fingerprint density at radius 2 is 1.77 bits per heavy atom. The highest BCUT2D eigenvalue weighted by molar-refractivity contribution is 6.11. The van der Waals surface area contributed by atoms with E-state index in [9.17, 15) is 9.59 Å². The van der Waals surface area contributed by atoms with Gasteiger partial charge in [0.05, 0.1) is 51.9 Å². The summed E-state index contributed by atoms with van der Waals surface area (Å²) in [5.74, 6) is 0.529. The number of carbonyl (C=O) groups excluding carboxylic acids is 2. The van der Waals surface area contributed by atoms with Crippen LogP contribution in [0, 0.1) is 0 Å². The first kappa shape index (κ1) is 27.5. The number of amides is 1. The van der Waals surface area contributed by atoms with E-state index in [1.54, 1.807) is 32.1 Å². The van der Waals surface area contributed by atoms with E-state index in [0.717, 1.165) is 11.1 Å². The van der Waals surface area contributed by atoms with Gasteiger partial charge in [-0.25, -0.2) is 9.78 Å². The van der Waals surface area contributed by atoms with E-state index in [4.69, 9.17) is 18.9 Å². The van der Waals surface area contributed by atoms with Crippen molar-refractivity contribution >= 4 is 34.3 Å². The van der Waals surface area contributed by atoms with Crippen LogP contribution in [0.1, 0.15) is 21.6 Å². The van der Waals surface area contributed by atoms with Gasteiger partial charge in [-0.3, -0.25) is 4.79 Å². The van der Waals surface area contributed by atoms with Crippen molar-refractivity contribution in [2.24, 2.45) is 0 Å². The molecule has 2 N–H and O–H groups in total. The second kappa shape index (κ2) is 12.8. The van der Waals surface area contributed by atoms with E-state index >= 15 is 0 Å². The number of carbonyl (C=O) groups is 2. The van der Waals surface area contributed by atoms with Gasteiger partial charge in [0, 0.05) is 37.2 Å². The summed E-state index contributed by atoms with van der Waals surface area (Å²) < 4.78 is 22.8. The monoisotopic (exact) mass is 532 g/mol. The molecule has 0 saturated heterocycles. The molecule has 4 aromatic rings. The van der Waals surface area contributed by atoms with Crippen molar-refractivity contribution in [2.75, 3.05) is 45.7 Å². The molecule has 2 heterocycles. The second-order valence-corrected chi connectivity index (χ2v) is 8.70. The Labute approximate surface area is 226 Å². The molecule has 0 bridgehead atoms. The Morgan fingerprint density at radius 3 is 2.46 bits per heavy atom. The van der Waals surface area contributed by atoms with Crippen molar-refractivity contribution in [3.63, 3.8) is 0 Å². The number of rotatable bonds is 12. The van der Waals surface area contributed by atoms with E-state index in [1.165, 1.54) is 7.11 Å². The van der Waals surface area contributed by atoms with Crippen LogP contribution in [0.15, 0.2) is 60.8 Å². The van der Waals surface area contributed by atoms with Gasteiger partial charge in [0.25, 0.3) is 0 Å². The molecule has 2 aromatic heterocycles. The van der Waals surface area contributed by atoms with Crippen LogP contribution in [0.3, 0.4) is 0 Å². The molecule has 0 aliphatic carbocycles. The fraction of sp³-hybridized carbons (Fsp3) is 0.276. The summed E-state index contributed by atoms with van der Waals surface area (Å²) in [5.41, 5.74) is 3.53. The molecule has 10 heteroatoms. The van der Waals surface area contributed by atoms with Crippen molar-refractivity contribution in [1.29, 1.82) is 0 Å². The third-order valence-corrected chi connectivity index (χ3v) is 6.25. The van der Waals surface area contributed by atoms with Crippen LogP contribution in [-0.2, 0) is 33.8 Å². The lowest BCUT2D eigenvalue weighted by molar-refractivity contribution is -0.115. The van der Waals surface area contributed by atoms with Crippen LogP contribution in [0.5, 0.6) is 11.5 Å². The predicted molar refractivity (Wildman–Crippen MR) is 149 cm³/mol. The number of pyridine rings is 1. The predicted octanol–water partition coefficient (Wildman–Crippen LogP) is 4.28. The van der Waals surface area contributed by atoms with Gasteiger partial charge < -0.3 is 34.1 Å². The number of methoxy groups -OCH3 is 4. The first-order valence-electron chi connectivity index (χ1n) is 12.4. The molecule has 0 radical (unpaired) electrons. The van der Waals surface area contributed by atoms with E-state index in [2.05, 4.69) is 15.6 Å². The van der Waals surface area contributed by atoms with Crippen molar-refractivity contribution < 1.29 is 28.5 Å². The standard InChI is InChI=1S/C29H32N4O6/c1-36-13-12-33-27(29(35)39-4)26(32-25(34)14-19-8-6-5-7-9-19)23-15-21(18-31-28(23)33)30-17-20-10-11-22(37-2)16-24(20)38-3/h5-11,15-16,18,30H,12-14,17H2,1-4H3,(H,32,34). The fourth-order valence-electron chi connectivity index (χ4n) is 4.32. The number of nitrogens with one attached hydrogen (secondary N) is 2. The minimum absolute atomic E-state index is 0.148. The Kier molecular flexibility index (Phi) is 9.01. The summed E-state index contributed by atoms with van der Waals surface area (Å²) in [6.45, 7) is 1.13. The maximum atomic E-state index is 13.1. The smallest absolute Gasteiger partial charge is 0.356 e. The van der Waals surface area contributed by atoms with Gasteiger partial charge in [-0.15, -0.1) is 0 Å². The average molecular weight is 533 g/mol. The Balaban J connectivity index is 1.71. The van der Waals surface area contributed by atoms with Crippen LogP contribution in [0.25, 0.3) is 11.0 Å². The van der Waals surface area contributed by atoms with E-state index in [1.807, 2.05) is 54.6 Å². The van der Waals surface area contributed by atoms with Crippen molar-refractivity contribution in [3.8, 4) is 11.5 Å². The number of fused-ring (bicyclic) bond motifs is 1. The molecular formula is C29H32N4O6. The topological polar surface area (TPSA) is 113 Å². The van der Waals surface area contributed by atoms with Crippen LogP contribution >= 0.6 is 0 Å². The molecule has 0 fully saturated rings. The first-order valence-corrected chi connectivity index (χ1v) is 12.4. The van der Waals surface area contributed by atoms with Gasteiger partial charge in [-0.2, -0.15) is 0 Å². The van der Waals surface area contributed by atoms with E-state index in [0.29, 0.717) is 53.6 Å². The zero-order valence-corrected chi connectivity index (χ0v) is 22.4. The number of hydrogen-bond acceptors (Lipinski definition) is 8. The van der Waals surface area contributed by atoms with Gasteiger partial charge in [0.15, 0.2) is 5.69 Å². The van der Waals surface area contributed by atoms with Gasteiger partial charge in [0.2, 0.25) is 5.91 Å². The summed E-state index contributed by atoms with van der Waals surface area (Å²) >= 11 is 0. The maximum Gasteiger partial charge on any atom is 0.356 e. The van der Waals surface area contributed by atoms with Gasteiger partial charge >= 0.3 is 5.97 Å². The van der Waals surface area contributed by atoms with Crippen LogP contribution in [0.2, 0.25) is 0 Å². The molecule has 0 aliphatic heterocycles. The number of anilines is 2. The van der Waals surface area contributed by atoms with Crippen molar-refractivity contribution in [1.82, 2.24) is 9.55 Å². The third kappa shape index (κ3) is 6.29. The van der Waals surface area contributed by atoms with Crippen LogP contribution in [0.4, 0.5) is 11.4 Å². The normalized spacial score (nSPS) is 10.8. The number of hydrogen-bond donors (Lipinski definition) is 2. The molecule has 0 unspecified atom stereocenters. The van der Waals surface area contributed by atoms with Crippen LogP contribution < -0.4 is 20.1 Å². The Morgan fingerprint density at radius 1 is 0.974 bits per heavy atom. The molecule has 39 heavy (non-hydrogen) atoms. The summed E-state index contributed by atoms with van der Waals surface area (Å²) in [4.78, 5) is 30.7. The quantitative estimate of drug-likeness (QED) is 0.260. The Bertz CT molecular complexity index is 1450. The zero-order chi connectivity index (χ0) is 27.8. The van der Waals surface area contributed by atoms with Gasteiger partial charge in [-0.1, -0.05) is 30.3 Å². The maximum absolute atomic E-state index is 13.1. The highest BCUT2D eigenvalue weighted by Crippen LogP contribution is 2.33. The number of ether oxygens (including phenoxy) is 4.